The van der Waals surface area contributed by atoms with Crippen LogP contribution in [0.3, 0.4) is 0 Å². The second kappa shape index (κ2) is 5.53. The Bertz CT molecular complexity index is 602. The molecule has 0 aliphatic heterocycles. The quantitative estimate of drug-likeness (QED) is 0.839. The summed E-state index contributed by atoms with van der Waals surface area (Å²) in [5, 5.41) is 3.49. The van der Waals surface area contributed by atoms with E-state index < -0.39 is 11.6 Å². The molecule has 0 spiro atoms. The molecule has 2 aromatic rings. The summed E-state index contributed by atoms with van der Waals surface area (Å²) in [5.74, 6) is -1.68. The SMILES string of the molecule is Cc1nc(Cl)ccc1NC(C)c1cccc(F)c1F. The third kappa shape index (κ3) is 3.01. The van der Waals surface area contributed by atoms with Gasteiger partial charge in [-0.2, -0.15) is 0 Å². The van der Waals surface area contributed by atoms with E-state index in [1.807, 2.05) is 0 Å². The van der Waals surface area contributed by atoms with E-state index in [1.54, 1.807) is 32.0 Å². The number of halogens is 3. The van der Waals surface area contributed by atoms with E-state index in [9.17, 15) is 8.78 Å². The van der Waals surface area contributed by atoms with Crippen molar-refractivity contribution in [3.05, 3.63) is 58.4 Å². The van der Waals surface area contributed by atoms with Crippen LogP contribution in [0.15, 0.2) is 30.3 Å². The summed E-state index contributed by atoms with van der Waals surface area (Å²) in [4.78, 5) is 4.10. The molecule has 0 amide bonds. The van der Waals surface area contributed by atoms with Crippen molar-refractivity contribution in [1.82, 2.24) is 4.98 Å². The third-order valence-corrected chi connectivity index (χ3v) is 3.08. The summed E-state index contributed by atoms with van der Waals surface area (Å²) in [5.41, 5.74) is 1.71. The molecule has 1 N–H and O–H groups in total. The number of anilines is 1. The molecule has 0 aliphatic rings. The van der Waals surface area contributed by atoms with Gasteiger partial charge in [-0.1, -0.05) is 23.7 Å². The Morgan fingerprint density at radius 3 is 2.63 bits per heavy atom. The van der Waals surface area contributed by atoms with Crippen LogP contribution in [-0.4, -0.2) is 4.98 Å². The molecular formula is C14H13ClF2N2. The van der Waals surface area contributed by atoms with Crippen LogP contribution in [0, 0.1) is 18.6 Å². The predicted molar refractivity (Wildman–Crippen MR) is 72.4 cm³/mol. The Balaban J connectivity index is 2.25. The number of nitrogens with one attached hydrogen (secondary N) is 1. The minimum Gasteiger partial charge on any atom is -0.377 e. The van der Waals surface area contributed by atoms with Gasteiger partial charge in [0, 0.05) is 5.56 Å². The molecule has 0 saturated carbocycles. The fourth-order valence-corrected chi connectivity index (χ4v) is 2.04. The maximum Gasteiger partial charge on any atom is 0.164 e. The molecule has 1 aromatic heterocycles. The van der Waals surface area contributed by atoms with Gasteiger partial charge in [0.2, 0.25) is 0 Å². The van der Waals surface area contributed by atoms with Gasteiger partial charge in [0.25, 0.3) is 0 Å². The molecule has 0 bridgehead atoms. The maximum absolute atomic E-state index is 13.7. The lowest BCUT2D eigenvalue weighted by atomic mass is 10.1. The molecule has 1 aromatic carbocycles. The zero-order valence-electron chi connectivity index (χ0n) is 10.5. The highest BCUT2D eigenvalue weighted by Crippen LogP contribution is 2.25. The monoisotopic (exact) mass is 282 g/mol. The van der Waals surface area contributed by atoms with Gasteiger partial charge < -0.3 is 5.32 Å². The Labute approximate surface area is 115 Å². The summed E-state index contributed by atoms with van der Waals surface area (Å²) in [6.07, 6.45) is 0. The molecule has 100 valence electrons. The summed E-state index contributed by atoms with van der Waals surface area (Å²) in [6.45, 7) is 3.55. The predicted octanol–water partition coefficient (Wildman–Crippen LogP) is 4.49. The van der Waals surface area contributed by atoms with Crippen LogP contribution < -0.4 is 5.32 Å². The first-order chi connectivity index (χ1) is 8.99. The molecule has 5 heteroatoms. The van der Waals surface area contributed by atoms with Gasteiger partial charge in [-0.15, -0.1) is 0 Å². The Hall–Kier alpha value is -1.68. The van der Waals surface area contributed by atoms with Crippen molar-refractivity contribution in [2.45, 2.75) is 19.9 Å². The Morgan fingerprint density at radius 2 is 1.95 bits per heavy atom. The fraction of sp³-hybridized carbons (Fsp3) is 0.214. The highest BCUT2D eigenvalue weighted by molar-refractivity contribution is 6.29. The molecule has 0 radical (unpaired) electrons. The topological polar surface area (TPSA) is 24.9 Å². The van der Waals surface area contributed by atoms with Gasteiger partial charge in [-0.25, -0.2) is 13.8 Å². The van der Waals surface area contributed by atoms with Crippen LogP contribution in [0.5, 0.6) is 0 Å². The molecule has 1 atom stereocenters. The number of nitrogens with zero attached hydrogens (tertiary/aromatic N) is 1. The summed E-state index contributed by atoms with van der Waals surface area (Å²) >= 11 is 5.77. The molecule has 0 saturated heterocycles. The zero-order chi connectivity index (χ0) is 14.0. The fourth-order valence-electron chi connectivity index (χ4n) is 1.85. The van der Waals surface area contributed by atoms with Gasteiger partial charge in [-0.05, 0) is 32.0 Å². The van der Waals surface area contributed by atoms with E-state index in [2.05, 4.69) is 10.3 Å². The van der Waals surface area contributed by atoms with Crippen LogP contribution in [-0.2, 0) is 0 Å². The summed E-state index contributed by atoms with van der Waals surface area (Å²) in [6, 6.07) is 7.16. The van der Waals surface area contributed by atoms with Crippen molar-refractivity contribution in [3.8, 4) is 0 Å². The van der Waals surface area contributed by atoms with Gasteiger partial charge in [0.1, 0.15) is 5.15 Å². The average Bonchev–Trinajstić information content (AvgIpc) is 2.36. The minimum atomic E-state index is -0.850. The van der Waals surface area contributed by atoms with Gasteiger partial charge in [-0.3, -0.25) is 0 Å². The molecule has 1 unspecified atom stereocenters. The van der Waals surface area contributed by atoms with Crippen LogP contribution in [0.4, 0.5) is 14.5 Å². The third-order valence-electron chi connectivity index (χ3n) is 2.87. The molecule has 2 nitrogen and oxygen atoms in total. The number of rotatable bonds is 3. The number of aromatic nitrogens is 1. The van der Waals surface area contributed by atoms with E-state index in [0.29, 0.717) is 10.8 Å². The van der Waals surface area contributed by atoms with E-state index in [-0.39, 0.29) is 11.6 Å². The molecule has 0 aliphatic carbocycles. The van der Waals surface area contributed by atoms with Crippen molar-refractivity contribution < 1.29 is 8.78 Å². The maximum atomic E-state index is 13.7. The van der Waals surface area contributed by atoms with E-state index in [1.165, 1.54) is 6.07 Å². The second-order valence-corrected chi connectivity index (χ2v) is 4.66. The average molecular weight is 283 g/mol. The van der Waals surface area contributed by atoms with Crippen molar-refractivity contribution in [1.29, 1.82) is 0 Å². The normalized spacial score (nSPS) is 12.3. The Morgan fingerprint density at radius 1 is 1.21 bits per heavy atom. The van der Waals surface area contributed by atoms with Crippen molar-refractivity contribution in [2.24, 2.45) is 0 Å². The van der Waals surface area contributed by atoms with Gasteiger partial charge in [0.15, 0.2) is 11.6 Å². The number of aryl methyl sites for hydroxylation is 1. The number of hydrogen-bond acceptors (Lipinski definition) is 2. The first-order valence-electron chi connectivity index (χ1n) is 5.82. The highest BCUT2D eigenvalue weighted by atomic mass is 35.5. The molecule has 1 heterocycles. The first kappa shape index (κ1) is 13.7. The van der Waals surface area contributed by atoms with Crippen molar-refractivity contribution in [3.63, 3.8) is 0 Å². The molecule has 19 heavy (non-hydrogen) atoms. The van der Waals surface area contributed by atoms with E-state index in [4.69, 9.17) is 11.6 Å². The smallest absolute Gasteiger partial charge is 0.164 e. The van der Waals surface area contributed by atoms with E-state index >= 15 is 0 Å². The largest absolute Gasteiger partial charge is 0.377 e. The van der Waals surface area contributed by atoms with Crippen molar-refractivity contribution >= 4 is 17.3 Å². The first-order valence-corrected chi connectivity index (χ1v) is 6.20. The van der Waals surface area contributed by atoms with Gasteiger partial charge in [0.05, 0.1) is 17.4 Å². The van der Waals surface area contributed by atoms with Crippen LogP contribution in [0.1, 0.15) is 24.2 Å². The van der Waals surface area contributed by atoms with Crippen molar-refractivity contribution in [2.75, 3.05) is 5.32 Å². The molecule has 2 rings (SSSR count). The lowest BCUT2D eigenvalue weighted by Crippen LogP contribution is -2.10. The number of benzene rings is 1. The second-order valence-electron chi connectivity index (χ2n) is 4.28. The minimum absolute atomic E-state index is 0.273. The zero-order valence-corrected chi connectivity index (χ0v) is 11.3. The van der Waals surface area contributed by atoms with E-state index in [0.717, 1.165) is 11.8 Å². The molecule has 0 fully saturated rings. The standard InChI is InChI=1S/C14H13ClF2N2/c1-8(10-4-3-5-11(16)14(10)17)18-12-6-7-13(15)19-9(12)2/h3-8,18H,1-2H3. The Kier molecular flexibility index (Phi) is 4.00. The summed E-state index contributed by atoms with van der Waals surface area (Å²) in [7, 11) is 0. The van der Waals surface area contributed by atoms with Crippen LogP contribution in [0.2, 0.25) is 5.15 Å². The van der Waals surface area contributed by atoms with Crippen LogP contribution in [0.25, 0.3) is 0 Å². The van der Waals surface area contributed by atoms with Gasteiger partial charge >= 0.3 is 0 Å². The molecular weight excluding hydrogens is 270 g/mol. The highest BCUT2D eigenvalue weighted by Gasteiger charge is 2.14. The number of hydrogen-bond donors (Lipinski definition) is 1. The van der Waals surface area contributed by atoms with Crippen LogP contribution >= 0.6 is 11.6 Å². The lowest BCUT2D eigenvalue weighted by Gasteiger charge is -2.17. The number of pyridine rings is 1. The summed E-state index contributed by atoms with van der Waals surface area (Å²) < 4.78 is 26.8. The lowest BCUT2D eigenvalue weighted by molar-refractivity contribution is 0.494.